The van der Waals surface area contributed by atoms with Crippen LogP contribution in [0.3, 0.4) is 0 Å². The summed E-state index contributed by atoms with van der Waals surface area (Å²) in [4.78, 5) is 16.8. The SMILES string of the molecule is CCN(CC)Cc1csc(C(=O)O)n1. The molecule has 0 bridgehead atoms. The van der Waals surface area contributed by atoms with Gasteiger partial charge in [-0.05, 0) is 13.1 Å². The van der Waals surface area contributed by atoms with Gasteiger partial charge in [0, 0.05) is 11.9 Å². The van der Waals surface area contributed by atoms with Crippen LogP contribution in [0.1, 0.15) is 29.3 Å². The summed E-state index contributed by atoms with van der Waals surface area (Å²) in [6, 6.07) is 0. The number of hydrogen-bond acceptors (Lipinski definition) is 4. The van der Waals surface area contributed by atoms with Gasteiger partial charge < -0.3 is 5.11 Å². The minimum atomic E-state index is -0.944. The van der Waals surface area contributed by atoms with Crippen LogP contribution in [-0.4, -0.2) is 34.0 Å². The number of thiazole rings is 1. The summed E-state index contributed by atoms with van der Waals surface area (Å²) in [6.45, 7) is 6.80. The number of carbonyl (C=O) groups is 1. The van der Waals surface area contributed by atoms with Gasteiger partial charge >= 0.3 is 5.97 Å². The fourth-order valence-electron chi connectivity index (χ4n) is 1.15. The van der Waals surface area contributed by atoms with E-state index in [1.807, 2.05) is 5.38 Å². The maximum absolute atomic E-state index is 10.6. The van der Waals surface area contributed by atoms with Gasteiger partial charge in [-0.25, -0.2) is 9.78 Å². The highest BCUT2D eigenvalue weighted by molar-refractivity contribution is 7.11. The van der Waals surface area contributed by atoms with Crippen molar-refractivity contribution in [1.82, 2.24) is 9.88 Å². The molecular weight excluding hydrogens is 200 g/mol. The maximum atomic E-state index is 10.6. The summed E-state index contributed by atoms with van der Waals surface area (Å²) in [5, 5.41) is 10.7. The molecule has 0 amide bonds. The third-order valence-electron chi connectivity index (χ3n) is 2.01. The third kappa shape index (κ3) is 2.78. The summed E-state index contributed by atoms with van der Waals surface area (Å²) < 4.78 is 0. The molecule has 78 valence electrons. The predicted molar refractivity (Wildman–Crippen MR) is 55.7 cm³/mol. The number of carboxylic acid groups (broad SMARTS) is 1. The van der Waals surface area contributed by atoms with E-state index in [1.54, 1.807) is 0 Å². The number of rotatable bonds is 5. The Balaban J connectivity index is 2.63. The molecule has 0 aliphatic rings. The first-order chi connectivity index (χ1) is 6.67. The number of aromatic carboxylic acids is 1. The van der Waals surface area contributed by atoms with E-state index in [0.29, 0.717) is 0 Å². The van der Waals surface area contributed by atoms with Crippen LogP contribution in [0.25, 0.3) is 0 Å². The standard InChI is InChI=1S/C9H14N2O2S/c1-3-11(4-2)5-7-6-14-8(10-7)9(12)13/h6H,3-5H2,1-2H3,(H,12,13). The lowest BCUT2D eigenvalue weighted by Crippen LogP contribution is -2.22. The van der Waals surface area contributed by atoms with Crippen LogP contribution >= 0.6 is 11.3 Å². The number of nitrogens with zero attached hydrogens (tertiary/aromatic N) is 2. The van der Waals surface area contributed by atoms with E-state index in [1.165, 1.54) is 11.3 Å². The predicted octanol–water partition coefficient (Wildman–Crippen LogP) is 1.68. The van der Waals surface area contributed by atoms with E-state index >= 15 is 0 Å². The normalized spacial score (nSPS) is 10.8. The molecule has 0 atom stereocenters. The van der Waals surface area contributed by atoms with Crippen molar-refractivity contribution in [3.8, 4) is 0 Å². The zero-order valence-corrected chi connectivity index (χ0v) is 9.17. The van der Waals surface area contributed by atoms with Crippen molar-refractivity contribution in [2.45, 2.75) is 20.4 Å². The molecule has 0 fully saturated rings. The Morgan fingerprint density at radius 1 is 1.57 bits per heavy atom. The van der Waals surface area contributed by atoms with E-state index in [-0.39, 0.29) is 5.01 Å². The molecule has 0 aliphatic carbocycles. The molecular formula is C9H14N2O2S. The minimum absolute atomic E-state index is 0.173. The van der Waals surface area contributed by atoms with Crippen molar-refractivity contribution in [3.05, 3.63) is 16.1 Å². The molecule has 4 nitrogen and oxygen atoms in total. The monoisotopic (exact) mass is 214 g/mol. The second kappa shape index (κ2) is 5.07. The Labute approximate surface area is 87.2 Å². The highest BCUT2D eigenvalue weighted by Crippen LogP contribution is 2.11. The number of aromatic nitrogens is 1. The lowest BCUT2D eigenvalue weighted by atomic mass is 10.4. The summed E-state index contributed by atoms with van der Waals surface area (Å²) in [7, 11) is 0. The first-order valence-corrected chi connectivity index (χ1v) is 5.45. The largest absolute Gasteiger partial charge is 0.476 e. The lowest BCUT2D eigenvalue weighted by Gasteiger charge is -2.15. The third-order valence-corrected chi connectivity index (χ3v) is 2.89. The molecule has 0 saturated carbocycles. The molecule has 0 aliphatic heterocycles. The fourth-order valence-corrected chi connectivity index (χ4v) is 1.80. The van der Waals surface area contributed by atoms with Crippen molar-refractivity contribution in [3.63, 3.8) is 0 Å². The van der Waals surface area contributed by atoms with Gasteiger partial charge in [-0.2, -0.15) is 0 Å². The van der Waals surface area contributed by atoms with Gasteiger partial charge in [0.2, 0.25) is 5.01 Å². The average molecular weight is 214 g/mol. The fraction of sp³-hybridized carbons (Fsp3) is 0.556. The quantitative estimate of drug-likeness (QED) is 0.810. The Hall–Kier alpha value is -0.940. The zero-order chi connectivity index (χ0) is 10.6. The highest BCUT2D eigenvalue weighted by Gasteiger charge is 2.10. The average Bonchev–Trinajstić information content (AvgIpc) is 2.62. The minimum Gasteiger partial charge on any atom is -0.476 e. The molecule has 0 aromatic carbocycles. The Morgan fingerprint density at radius 2 is 2.21 bits per heavy atom. The van der Waals surface area contributed by atoms with E-state index in [2.05, 4.69) is 23.7 Å². The van der Waals surface area contributed by atoms with Crippen molar-refractivity contribution < 1.29 is 9.90 Å². The van der Waals surface area contributed by atoms with Gasteiger partial charge in [-0.1, -0.05) is 13.8 Å². The first-order valence-electron chi connectivity index (χ1n) is 4.57. The van der Waals surface area contributed by atoms with Crippen molar-refractivity contribution in [1.29, 1.82) is 0 Å². The van der Waals surface area contributed by atoms with Crippen LogP contribution in [0.5, 0.6) is 0 Å². The summed E-state index contributed by atoms with van der Waals surface area (Å²) in [5.74, 6) is -0.944. The second-order valence-electron chi connectivity index (χ2n) is 2.91. The molecule has 0 unspecified atom stereocenters. The van der Waals surface area contributed by atoms with Gasteiger partial charge in [-0.3, -0.25) is 4.90 Å². The van der Waals surface area contributed by atoms with E-state index in [9.17, 15) is 4.79 Å². The van der Waals surface area contributed by atoms with E-state index < -0.39 is 5.97 Å². The first kappa shape index (κ1) is 11.1. The molecule has 14 heavy (non-hydrogen) atoms. The molecule has 0 saturated heterocycles. The molecule has 5 heteroatoms. The van der Waals surface area contributed by atoms with Crippen molar-refractivity contribution >= 4 is 17.3 Å². The maximum Gasteiger partial charge on any atom is 0.365 e. The van der Waals surface area contributed by atoms with Gasteiger partial charge in [0.1, 0.15) is 0 Å². The molecule has 0 radical (unpaired) electrons. The van der Waals surface area contributed by atoms with Crippen LogP contribution in [0, 0.1) is 0 Å². The van der Waals surface area contributed by atoms with Crippen LogP contribution < -0.4 is 0 Å². The Kier molecular flexibility index (Phi) is 4.03. The van der Waals surface area contributed by atoms with Crippen LogP contribution in [0.4, 0.5) is 0 Å². The van der Waals surface area contributed by atoms with Gasteiger partial charge in [0.25, 0.3) is 0 Å². The lowest BCUT2D eigenvalue weighted by molar-refractivity contribution is 0.0696. The van der Waals surface area contributed by atoms with Crippen molar-refractivity contribution in [2.75, 3.05) is 13.1 Å². The smallest absolute Gasteiger partial charge is 0.365 e. The van der Waals surface area contributed by atoms with Crippen LogP contribution in [-0.2, 0) is 6.54 Å². The summed E-state index contributed by atoms with van der Waals surface area (Å²) >= 11 is 1.18. The van der Waals surface area contributed by atoms with E-state index in [4.69, 9.17) is 5.11 Å². The number of hydrogen-bond donors (Lipinski definition) is 1. The van der Waals surface area contributed by atoms with Crippen LogP contribution in [0.2, 0.25) is 0 Å². The molecule has 1 aromatic rings. The molecule has 0 spiro atoms. The second-order valence-corrected chi connectivity index (χ2v) is 3.77. The highest BCUT2D eigenvalue weighted by atomic mass is 32.1. The summed E-state index contributed by atoms with van der Waals surface area (Å²) in [6.07, 6.45) is 0. The Bertz CT molecular complexity index is 308. The van der Waals surface area contributed by atoms with Crippen molar-refractivity contribution in [2.24, 2.45) is 0 Å². The Morgan fingerprint density at radius 3 is 2.64 bits per heavy atom. The summed E-state index contributed by atoms with van der Waals surface area (Å²) in [5.41, 5.74) is 0.844. The molecule has 1 N–H and O–H groups in total. The zero-order valence-electron chi connectivity index (χ0n) is 8.36. The topological polar surface area (TPSA) is 53.4 Å². The molecule has 1 rings (SSSR count). The molecule has 1 aromatic heterocycles. The van der Waals surface area contributed by atoms with Gasteiger partial charge in [0.05, 0.1) is 5.69 Å². The van der Waals surface area contributed by atoms with Gasteiger partial charge in [0.15, 0.2) is 0 Å². The molecule has 1 heterocycles. The van der Waals surface area contributed by atoms with E-state index in [0.717, 1.165) is 25.3 Å². The van der Waals surface area contributed by atoms with Crippen LogP contribution in [0.15, 0.2) is 5.38 Å². The van der Waals surface area contributed by atoms with Gasteiger partial charge in [-0.15, -0.1) is 11.3 Å². The number of carboxylic acids is 1.